The van der Waals surface area contributed by atoms with Gasteiger partial charge >= 0.3 is 5.95 Å². The minimum atomic E-state index is -0.685. The van der Waals surface area contributed by atoms with Gasteiger partial charge in [0.1, 0.15) is 5.78 Å². The summed E-state index contributed by atoms with van der Waals surface area (Å²) in [5.41, 5.74) is 0. The molecule has 8 heteroatoms. The molecule has 76 valence electrons. The minimum absolute atomic E-state index is 0.00458. The molecule has 0 unspecified atom stereocenters. The van der Waals surface area contributed by atoms with Crippen molar-refractivity contribution in [1.29, 1.82) is 0 Å². The standard InChI is InChI=1S/C6H7BrN4O3/c1-4(12)2-3-10-5(7)8-6(9-10)11(13)14/h2-3H2,1H3. The molecular weight excluding hydrogens is 256 g/mol. The van der Waals surface area contributed by atoms with Gasteiger partial charge in [-0.15, -0.1) is 0 Å². The van der Waals surface area contributed by atoms with Crippen molar-refractivity contribution in [3.05, 3.63) is 14.8 Å². The maximum absolute atomic E-state index is 10.7. The van der Waals surface area contributed by atoms with Gasteiger partial charge in [0.15, 0.2) is 0 Å². The largest absolute Gasteiger partial charge is 0.492 e. The summed E-state index contributed by atoms with van der Waals surface area (Å²) in [5.74, 6) is -0.476. The zero-order chi connectivity index (χ0) is 10.7. The lowest BCUT2D eigenvalue weighted by Gasteiger charge is -1.92. The highest BCUT2D eigenvalue weighted by atomic mass is 79.9. The minimum Gasteiger partial charge on any atom is -0.390 e. The first-order valence-electron chi connectivity index (χ1n) is 3.75. The van der Waals surface area contributed by atoms with Crippen molar-refractivity contribution in [3.8, 4) is 0 Å². The molecule has 0 saturated heterocycles. The van der Waals surface area contributed by atoms with Gasteiger partial charge in [0, 0.05) is 27.4 Å². The average molecular weight is 263 g/mol. The van der Waals surface area contributed by atoms with E-state index in [4.69, 9.17) is 0 Å². The van der Waals surface area contributed by atoms with Crippen LogP contribution in [0.15, 0.2) is 4.73 Å². The quantitative estimate of drug-likeness (QED) is 0.595. The third-order valence-electron chi connectivity index (χ3n) is 1.45. The normalized spacial score (nSPS) is 10.1. The summed E-state index contributed by atoms with van der Waals surface area (Å²) in [7, 11) is 0. The van der Waals surface area contributed by atoms with Crippen molar-refractivity contribution in [3.63, 3.8) is 0 Å². The van der Waals surface area contributed by atoms with E-state index in [1.54, 1.807) is 0 Å². The fourth-order valence-electron chi connectivity index (χ4n) is 0.795. The second-order valence-corrected chi connectivity index (χ2v) is 3.32. The Balaban J connectivity index is 2.77. The summed E-state index contributed by atoms with van der Waals surface area (Å²) in [6.45, 7) is 1.73. The molecule has 0 bridgehead atoms. The number of aromatic nitrogens is 3. The molecule has 0 amide bonds. The van der Waals surface area contributed by atoms with E-state index < -0.39 is 10.9 Å². The fraction of sp³-hybridized carbons (Fsp3) is 0.500. The number of hydrogen-bond acceptors (Lipinski definition) is 5. The van der Waals surface area contributed by atoms with E-state index in [0.717, 1.165) is 0 Å². The highest BCUT2D eigenvalue weighted by Gasteiger charge is 2.19. The van der Waals surface area contributed by atoms with E-state index in [2.05, 4.69) is 26.0 Å². The number of aryl methyl sites for hydroxylation is 1. The van der Waals surface area contributed by atoms with Crippen LogP contribution in [0.3, 0.4) is 0 Å². The second-order valence-electron chi connectivity index (χ2n) is 2.61. The zero-order valence-corrected chi connectivity index (χ0v) is 8.89. The van der Waals surface area contributed by atoms with Gasteiger partial charge in [0.05, 0.1) is 6.54 Å². The molecule has 1 aromatic rings. The van der Waals surface area contributed by atoms with Crippen LogP contribution < -0.4 is 0 Å². The van der Waals surface area contributed by atoms with Gasteiger partial charge in [-0.3, -0.25) is 4.79 Å². The van der Waals surface area contributed by atoms with Crippen LogP contribution in [0.2, 0.25) is 0 Å². The number of carbonyl (C=O) groups is 1. The molecule has 0 saturated carbocycles. The third kappa shape index (κ3) is 2.59. The monoisotopic (exact) mass is 262 g/mol. The number of carbonyl (C=O) groups excluding carboxylic acids is 1. The van der Waals surface area contributed by atoms with Gasteiger partial charge in [-0.2, -0.15) is 4.68 Å². The first-order valence-corrected chi connectivity index (χ1v) is 4.54. The molecule has 0 radical (unpaired) electrons. The Hall–Kier alpha value is -1.31. The Bertz CT molecular complexity index is 375. The lowest BCUT2D eigenvalue weighted by atomic mass is 10.3. The highest BCUT2D eigenvalue weighted by molar-refractivity contribution is 9.10. The number of ketones is 1. The summed E-state index contributed by atoms with van der Waals surface area (Å²) in [6, 6.07) is 0. The van der Waals surface area contributed by atoms with Gasteiger partial charge in [0.2, 0.25) is 0 Å². The van der Waals surface area contributed by atoms with Crippen molar-refractivity contribution >= 4 is 27.7 Å². The van der Waals surface area contributed by atoms with Gasteiger partial charge in [0.25, 0.3) is 4.73 Å². The molecule has 0 aromatic carbocycles. The van der Waals surface area contributed by atoms with Crippen molar-refractivity contribution in [1.82, 2.24) is 14.8 Å². The van der Waals surface area contributed by atoms with Crippen LogP contribution in [0.1, 0.15) is 13.3 Å². The lowest BCUT2D eigenvalue weighted by Crippen LogP contribution is -2.05. The van der Waals surface area contributed by atoms with Crippen molar-refractivity contribution in [2.75, 3.05) is 0 Å². The van der Waals surface area contributed by atoms with Crippen LogP contribution >= 0.6 is 15.9 Å². The van der Waals surface area contributed by atoms with Gasteiger partial charge in [-0.25, -0.2) is 0 Å². The van der Waals surface area contributed by atoms with E-state index in [-0.39, 0.29) is 23.5 Å². The summed E-state index contributed by atoms with van der Waals surface area (Å²) in [5, 5.41) is 13.9. The third-order valence-corrected chi connectivity index (χ3v) is 2.04. The van der Waals surface area contributed by atoms with Crippen LogP contribution in [0, 0.1) is 10.1 Å². The maximum Gasteiger partial charge on any atom is 0.492 e. The fourth-order valence-corrected chi connectivity index (χ4v) is 1.21. The molecule has 0 aliphatic heterocycles. The molecule has 1 heterocycles. The molecule has 14 heavy (non-hydrogen) atoms. The van der Waals surface area contributed by atoms with Crippen LogP contribution in [0.25, 0.3) is 0 Å². The number of halogens is 1. The van der Waals surface area contributed by atoms with Crippen LogP contribution in [0.4, 0.5) is 5.95 Å². The molecule has 0 fully saturated rings. The molecule has 0 aliphatic rings. The Labute approximate surface area is 87.4 Å². The number of rotatable bonds is 4. The predicted octanol–water partition coefficient (Wildman–Crippen LogP) is 0.928. The Morgan fingerprint density at radius 3 is 2.79 bits per heavy atom. The molecule has 1 aromatic heterocycles. The topological polar surface area (TPSA) is 90.9 Å². The van der Waals surface area contributed by atoms with Gasteiger partial charge < -0.3 is 10.1 Å². The van der Waals surface area contributed by atoms with E-state index in [1.807, 2.05) is 0 Å². The maximum atomic E-state index is 10.7. The Morgan fingerprint density at radius 1 is 1.71 bits per heavy atom. The van der Waals surface area contributed by atoms with Gasteiger partial charge in [-0.1, -0.05) is 0 Å². The molecule has 0 atom stereocenters. The van der Waals surface area contributed by atoms with Gasteiger partial charge in [-0.05, 0) is 16.8 Å². The Morgan fingerprint density at radius 2 is 2.36 bits per heavy atom. The predicted molar refractivity (Wildman–Crippen MR) is 49.7 cm³/mol. The van der Waals surface area contributed by atoms with E-state index >= 15 is 0 Å². The van der Waals surface area contributed by atoms with Crippen LogP contribution in [-0.4, -0.2) is 25.5 Å². The molecule has 7 nitrogen and oxygen atoms in total. The van der Waals surface area contributed by atoms with Crippen LogP contribution in [0.5, 0.6) is 0 Å². The van der Waals surface area contributed by atoms with Crippen LogP contribution in [-0.2, 0) is 11.3 Å². The molecular formula is C6H7BrN4O3. The summed E-state index contributed by atoms with van der Waals surface area (Å²) < 4.78 is 1.53. The van der Waals surface area contributed by atoms with E-state index in [1.165, 1.54) is 11.6 Å². The average Bonchev–Trinajstić information content (AvgIpc) is 2.43. The second kappa shape index (κ2) is 4.27. The van der Waals surface area contributed by atoms with E-state index in [9.17, 15) is 14.9 Å². The number of nitrogens with zero attached hydrogens (tertiary/aromatic N) is 4. The zero-order valence-electron chi connectivity index (χ0n) is 7.31. The first-order chi connectivity index (χ1) is 6.50. The summed E-state index contributed by atoms with van der Waals surface area (Å²) >= 11 is 3.01. The summed E-state index contributed by atoms with van der Waals surface area (Å²) in [4.78, 5) is 23.8. The number of Topliss-reactive ketones (excluding diaryl/α,β-unsaturated/α-hetero) is 1. The summed E-state index contributed by atoms with van der Waals surface area (Å²) in [6.07, 6.45) is 0.277. The molecule has 1 rings (SSSR count). The molecule has 0 spiro atoms. The molecule has 0 N–H and O–H groups in total. The van der Waals surface area contributed by atoms with Crippen molar-refractivity contribution in [2.24, 2.45) is 0 Å². The first kappa shape index (κ1) is 10.8. The smallest absolute Gasteiger partial charge is 0.390 e. The lowest BCUT2D eigenvalue weighted by molar-refractivity contribution is -0.394. The van der Waals surface area contributed by atoms with E-state index in [0.29, 0.717) is 0 Å². The Kier molecular flexibility index (Phi) is 3.28. The number of nitro groups is 1. The highest BCUT2D eigenvalue weighted by Crippen LogP contribution is 2.12. The van der Waals surface area contributed by atoms with Crippen molar-refractivity contribution in [2.45, 2.75) is 19.9 Å². The number of hydrogen-bond donors (Lipinski definition) is 0. The van der Waals surface area contributed by atoms with Crippen molar-refractivity contribution < 1.29 is 9.72 Å². The SMILES string of the molecule is CC(=O)CCn1nc([N+](=O)[O-])nc1Br. The molecule has 0 aliphatic carbocycles.